The molecule has 6 nitrogen and oxygen atoms in total. The molecule has 2 atom stereocenters. The minimum absolute atomic E-state index is 0.0972. The summed E-state index contributed by atoms with van der Waals surface area (Å²) in [5.74, 6) is 1.13. The maximum atomic E-state index is 13.7. The summed E-state index contributed by atoms with van der Waals surface area (Å²) < 4.78 is 24.4. The molecule has 8 heteroatoms. The van der Waals surface area contributed by atoms with Crippen molar-refractivity contribution in [1.29, 1.82) is 0 Å². The maximum Gasteiger partial charge on any atom is 0.243 e. The SMILES string of the molecule is CCCC(=O)N1C(C(=O)NCc2ccc3c(c2)OCO3)CSC1c1cccc(F)c1. The van der Waals surface area contributed by atoms with Crippen LogP contribution in [0.2, 0.25) is 0 Å². The zero-order valence-corrected chi connectivity index (χ0v) is 17.4. The van der Waals surface area contributed by atoms with Crippen LogP contribution in [0.4, 0.5) is 4.39 Å². The first kappa shape index (κ1) is 20.5. The van der Waals surface area contributed by atoms with Crippen molar-refractivity contribution >= 4 is 23.6 Å². The second-order valence-electron chi connectivity index (χ2n) is 7.21. The fourth-order valence-electron chi connectivity index (χ4n) is 3.63. The number of rotatable bonds is 6. The van der Waals surface area contributed by atoms with Gasteiger partial charge >= 0.3 is 0 Å². The number of hydrogen-bond acceptors (Lipinski definition) is 5. The predicted octanol–water partition coefficient (Wildman–Crippen LogP) is 3.61. The van der Waals surface area contributed by atoms with Crippen molar-refractivity contribution in [2.75, 3.05) is 12.5 Å². The highest BCUT2D eigenvalue weighted by Crippen LogP contribution is 2.42. The molecule has 0 aliphatic carbocycles. The molecular formula is C22H23FN2O4S. The molecule has 0 saturated carbocycles. The Morgan fingerprint density at radius 3 is 2.83 bits per heavy atom. The van der Waals surface area contributed by atoms with Crippen molar-refractivity contribution < 1.29 is 23.5 Å². The smallest absolute Gasteiger partial charge is 0.243 e. The fourth-order valence-corrected chi connectivity index (χ4v) is 5.07. The van der Waals surface area contributed by atoms with Crippen LogP contribution in [0.3, 0.4) is 0 Å². The van der Waals surface area contributed by atoms with E-state index in [4.69, 9.17) is 9.47 Å². The van der Waals surface area contributed by atoms with Gasteiger partial charge in [0.2, 0.25) is 18.6 Å². The summed E-state index contributed by atoms with van der Waals surface area (Å²) >= 11 is 1.48. The summed E-state index contributed by atoms with van der Waals surface area (Å²) in [5, 5.41) is 2.55. The Labute approximate surface area is 178 Å². The molecular weight excluding hydrogens is 407 g/mol. The zero-order chi connectivity index (χ0) is 21.1. The Bertz CT molecular complexity index is 954. The van der Waals surface area contributed by atoms with Crippen LogP contribution in [0.25, 0.3) is 0 Å². The molecule has 2 heterocycles. The number of carbonyl (C=O) groups excluding carboxylic acids is 2. The molecule has 1 N–H and O–H groups in total. The third kappa shape index (κ3) is 4.23. The molecule has 0 bridgehead atoms. The minimum Gasteiger partial charge on any atom is -0.454 e. The standard InChI is InChI=1S/C22H23FN2O4S/c1-2-4-20(26)25-17(12-30-22(25)15-5-3-6-16(23)10-15)21(27)24-11-14-7-8-18-19(9-14)29-13-28-18/h3,5-10,17,22H,2,4,11-13H2,1H3,(H,24,27). The molecule has 158 valence electrons. The lowest BCUT2D eigenvalue weighted by atomic mass is 10.1. The predicted molar refractivity (Wildman–Crippen MR) is 112 cm³/mol. The molecule has 2 aliphatic rings. The molecule has 2 aromatic rings. The Morgan fingerprint density at radius 1 is 1.20 bits per heavy atom. The molecule has 1 fully saturated rings. The van der Waals surface area contributed by atoms with Crippen molar-refractivity contribution in [3.05, 3.63) is 59.4 Å². The first-order valence-electron chi connectivity index (χ1n) is 9.91. The highest BCUT2D eigenvalue weighted by molar-refractivity contribution is 7.99. The van der Waals surface area contributed by atoms with Gasteiger partial charge in [-0.05, 0) is 41.8 Å². The van der Waals surface area contributed by atoms with E-state index in [-0.39, 0.29) is 29.8 Å². The quantitative estimate of drug-likeness (QED) is 0.758. The molecule has 4 rings (SSSR count). The molecule has 2 aromatic carbocycles. The van der Waals surface area contributed by atoms with E-state index in [0.29, 0.717) is 42.2 Å². The number of amides is 2. The fraction of sp³-hybridized carbons (Fsp3) is 0.364. The van der Waals surface area contributed by atoms with E-state index in [1.807, 2.05) is 25.1 Å². The van der Waals surface area contributed by atoms with Gasteiger partial charge in [-0.25, -0.2) is 4.39 Å². The van der Waals surface area contributed by atoms with E-state index in [9.17, 15) is 14.0 Å². The topological polar surface area (TPSA) is 67.9 Å². The summed E-state index contributed by atoms with van der Waals surface area (Å²) in [6.45, 7) is 2.44. The zero-order valence-electron chi connectivity index (χ0n) is 16.6. The summed E-state index contributed by atoms with van der Waals surface area (Å²) in [4.78, 5) is 27.4. The lowest BCUT2D eigenvalue weighted by Gasteiger charge is -2.29. The Balaban J connectivity index is 1.48. The summed E-state index contributed by atoms with van der Waals surface area (Å²) in [6.07, 6.45) is 1.03. The van der Waals surface area contributed by atoms with E-state index >= 15 is 0 Å². The van der Waals surface area contributed by atoms with E-state index in [0.717, 1.165) is 5.56 Å². The number of thioether (sulfide) groups is 1. The Morgan fingerprint density at radius 2 is 2.03 bits per heavy atom. The van der Waals surface area contributed by atoms with Gasteiger partial charge in [-0.2, -0.15) is 0 Å². The number of carbonyl (C=O) groups is 2. The maximum absolute atomic E-state index is 13.7. The highest BCUT2D eigenvalue weighted by atomic mass is 32.2. The third-order valence-electron chi connectivity index (χ3n) is 5.09. The van der Waals surface area contributed by atoms with Crippen LogP contribution < -0.4 is 14.8 Å². The van der Waals surface area contributed by atoms with Crippen LogP contribution in [0.1, 0.15) is 36.3 Å². The van der Waals surface area contributed by atoms with E-state index in [2.05, 4.69) is 5.32 Å². The number of hydrogen-bond donors (Lipinski definition) is 1. The molecule has 1 saturated heterocycles. The van der Waals surface area contributed by atoms with Crippen molar-refractivity contribution in [1.82, 2.24) is 10.2 Å². The number of halogens is 1. The Kier molecular flexibility index (Phi) is 6.13. The lowest BCUT2D eigenvalue weighted by Crippen LogP contribution is -2.47. The average Bonchev–Trinajstić information content (AvgIpc) is 3.39. The number of ether oxygens (including phenoxy) is 2. The monoisotopic (exact) mass is 430 g/mol. The molecule has 0 spiro atoms. The second-order valence-corrected chi connectivity index (χ2v) is 8.33. The molecule has 0 aromatic heterocycles. The van der Waals surface area contributed by atoms with Gasteiger partial charge in [-0.15, -0.1) is 11.8 Å². The normalized spacial score (nSPS) is 19.7. The van der Waals surface area contributed by atoms with Crippen molar-refractivity contribution in [3.63, 3.8) is 0 Å². The molecule has 0 radical (unpaired) electrons. The summed E-state index contributed by atoms with van der Waals surface area (Å²) in [7, 11) is 0. The first-order valence-corrected chi connectivity index (χ1v) is 11.0. The number of fused-ring (bicyclic) bond motifs is 1. The van der Waals surface area contributed by atoms with E-state index < -0.39 is 6.04 Å². The van der Waals surface area contributed by atoms with Crippen LogP contribution >= 0.6 is 11.8 Å². The van der Waals surface area contributed by atoms with Crippen LogP contribution in [0.5, 0.6) is 11.5 Å². The minimum atomic E-state index is -0.601. The van der Waals surface area contributed by atoms with Gasteiger partial charge in [0.05, 0.1) is 0 Å². The Hall–Kier alpha value is -2.74. The van der Waals surface area contributed by atoms with Gasteiger partial charge < -0.3 is 19.7 Å². The van der Waals surface area contributed by atoms with Gasteiger partial charge in [0.1, 0.15) is 17.2 Å². The van der Waals surface area contributed by atoms with Crippen molar-refractivity contribution in [3.8, 4) is 11.5 Å². The lowest BCUT2D eigenvalue weighted by molar-refractivity contribution is -0.140. The van der Waals surface area contributed by atoms with E-state index in [1.165, 1.54) is 23.9 Å². The average molecular weight is 431 g/mol. The van der Waals surface area contributed by atoms with Gasteiger partial charge in [0, 0.05) is 18.7 Å². The van der Waals surface area contributed by atoms with Gasteiger partial charge in [0.15, 0.2) is 11.5 Å². The molecule has 30 heavy (non-hydrogen) atoms. The first-order chi connectivity index (χ1) is 14.6. The van der Waals surface area contributed by atoms with Crippen molar-refractivity contribution in [2.45, 2.75) is 37.7 Å². The summed E-state index contributed by atoms with van der Waals surface area (Å²) in [5.41, 5.74) is 1.57. The largest absolute Gasteiger partial charge is 0.454 e. The number of nitrogens with one attached hydrogen (secondary N) is 1. The van der Waals surface area contributed by atoms with Crippen LogP contribution in [-0.2, 0) is 16.1 Å². The van der Waals surface area contributed by atoms with Crippen LogP contribution in [0.15, 0.2) is 42.5 Å². The second kappa shape index (κ2) is 8.95. The van der Waals surface area contributed by atoms with Crippen LogP contribution in [0, 0.1) is 5.82 Å². The van der Waals surface area contributed by atoms with Crippen LogP contribution in [-0.4, -0.2) is 35.3 Å². The third-order valence-corrected chi connectivity index (χ3v) is 6.42. The highest BCUT2D eigenvalue weighted by Gasteiger charge is 2.41. The molecule has 2 unspecified atom stereocenters. The number of nitrogens with zero attached hydrogens (tertiary/aromatic N) is 1. The van der Waals surface area contributed by atoms with Crippen molar-refractivity contribution in [2.24, 2.45) is 0 Å². The van der Waals surface area contributed by atoms with Gasteiger partial charge in [-0.3, -0.25) is 9.59 Å². The van der Waals surface area contributed by atoms with Gasteiger partial charge in [-0.1, -0.05) is 25.1 Å². The molecule has 2 aliphatic heterocycles. The van der Waals surface area contributed by atoms with Gasteiger partial charge in [0.25, 0.3) is 0 Å². The van der Waals surface area contributed by atoms with E-state index in [1.54, 1.807) is 17.0 Å². The number of benzene rings is 2. The molecule has 2 amide bonds. The summed E-state index contributed by atoms with van der Waals surface area (Å²) in [6, 6.07) is 11.1.